The molecule has 4 heteroatoms. The molecule has 0 aliphatic heterocycles. The number of nitrogens with one attached hydrogen (secondary N) is 1. The minimum Gasteiger partial charge on any atom is -0.367 e. The average molecular weight is 381 g/mol. The lowest BCUT2D eigenvalue weighted by Crippen LogP contribution is -2.21. The minimum atomic E-state index is -0.414. The maximum atomic E-state index is 12.6. The third-order valence-electron chi connectivity index (χ3n) is 4.44. The van der Waals surface area contributed by atoms with E-state index in [2.05, 4.69) is 5.32 Å². The number of amides is 1. The molecule has 0 aliphatic carbocycles. The van der Waals surface area contributed by atoms with Gasteiger partial charge in [-0.05, 0) is 30.2 Å². The number of rotatable bonds is 7. The fourth-order valence-corrected chi connectivity index (χ4v) is 2.94. The molecule has 0 heterocycles. The molecule has 0 fully saturated rings. The van der Waals surface area contributed by atoms with E-state index >= 15 is 0 Å². The Morgan fingerprint density at radius 2 is 1.41 bits per heavy atom. The van der Waals surface area contributed by atoms with Gasteiger partial charge in [0.25, 0.3) is 5.91 Å². The third-order valence-corrected chi connectivity index (χ3v) is 4.44. The van der Waals surface area contributed by atoms with E-state index in [0.717, 1.165) is 16.7 Å². The lowest BCUT2D eigenvalue weighted by molar-refractivity contribution is -0.112. The number of hydrogen-bond acceptors (Lipinski definition) is 3. The van der Waals surface area contributed by atoms with Crippen molar-refractivity contribution >= 4 is 11.6 Å². The van der Waals surface area contributed by atoms with Gasteiger partial charge in [0.05, 0.1) is 0 Å². The lowest BCUT2D eigenvalue weighted by Gasteiger charge is -2.21. The Hall–Kier alpha value is -3.84. The standard InChI is InChI=1S/C25H23N3O/c1-20-12-14-24(15-13-20)27-25(29)23(16-26)19-28(17-21-8-4-2-5-9-21)18-22-10-6-3-7-11-22/h2-15,19H,17-18H2,1H3,(H,27,29)/b23-19-. The summed E-state index contributed by atoms with van der Waals surface area (Å²) >= 11 is 0. The molecule has 3 aromatic rings. The summed E-state index contributed by atoms with van der Waals surface area (Å²) in [5.74, 6) is -0.414. The van der Waals surface area contributed by atoms with Crippen LogP contribution < -0.4 is 5.32 Å². The summed E-state index contributed by atoms with van der Waals surface area (Å²) < 4.78 is 0. The molecule has 1 amide bonds. The molecule has 0 saturated heterocycles. The van der Waals surface area contributed by atoms with Crippen LogP contribution in [0.1, 0.15) is 16.7 Å². The van der Waals surface area contributed by atoms with Gasteiger partial charge in [0.15, 0.2) is 0 Å². The molecular formula is C25H23N3O. The summed E-state index contributed by atoms with van der Waals surface area (Å²) in [5, 5.41) is 12.4. The zero-order valence-electron chi connectivity index (χ0n) is 16.4. The van der Waals surface area contributed by atoms with Crippen molar-refractivity contribution in [3.8, 4) is 6.07 Å². The van der Waals surface area contributed by atoms with Gasteiger partial charge >= 0.3 is 0 Å². The smallest absolute Gasteiger partial charge is 0.267 e. The van der Waals surface area contributed by atoms with Crippen LogP contribution in [0.25, 0.3) is 0 Å². The lowest BCUT2D eigenvalue weighted by atomic mass is 10.1. The van der Waals surface area contributed by atoms with Crippen molar-refractivity contribution in [1.82, 2.24) is 4.90 Å². The summed E-state index contributed by atoms with van der Waals surface area (Å²) in [6.45, 7) is 3.18. The Labute approximate surface area is 171 Å². The van der Waals surface area contributed by atoms with E-state index in [-0.39, 0.29) is 5.57 Å². The Balaban J connectivity index is 1.81. The van der Waals surface area contributed by atoms with Crippen LogP contribution in [0.5, 0.6) is 0 Å². The maximum Gasteiger partial charge on any atom is 0.267 e. The van der Waals surface area contributed by atoms with Crippen molar-refractivity contribution in [3.63, 3.8) is 0 Å². The average Bonchev–Trinajstić information content (AvgIpc) is 2.75. The molecule has 29 heavy (non-hydrogen) atoms. The third kappa shape index (κ3) is 6.08. The number of nitrogens with zero attached hydrogens (tertiary/aromatic N) is 2. The van der Waals surface area contributed by atoms with Crippen LogP contribution in [-0.2, 0) is 17.9 Å². The fraction of sp³-hybridized carbons (Fsp3) is 0.120. The molecule has 144 valence electrons. The molecule has 1 N–H and O–H groups in total. The molecule has 3 aromatic carbocycles. The number of carbonyl (C=O) groups excluding carboxylic acids is 1. The first-order chi connectivity index (χ1) is 14.1. The zero-order chi connectivity index (χ0) is 20.5. The van der Waals surface area contributed by atoms with Gasteiger partial charge in [-0.1, -0.05) is 78.4 Å². The second-order valence-corrected chi connectivity index (χ2v) is 6.85. The van der Waals surface area contributed by atoms with E-state index < -0.39 is 5.91 Å². The van der Waals surface area contributed by atoms with Gasteiger partial charge < -0.3 is 10.2 Å². The SMILES string of the molecule is Cc1ccc(NC(=O)/C(C#N)=C\N(Cc2ccccc2)Cc2ccccc2)cc1. The minimum absolute atomic E-state index is 0.0671. The second kappa shape index (κ2) is 9.91. The second-order valence-electron chi connectivity index (χ2n) is 6.85. The van der Waals surface area contributed by atoms with Gasteiger partial charge in [0.2, 0.25) is 0 Å². The monoisotopic (exact) mass is 381 g/mol. The number of hydrogen-bond donors (Lipinski definition) is 1. The molecule has 0 unspecified atom stereocenters. The van der Waals surface area contributed by atoms with Gasteiger partial charge in [-0.25, -0.2) is 0 Å². The van der Waals surface area contributed by atoms with E-state index in [4.69, 9.17) is 0 Å². The highest BCUT2D eigenvalue weighted by atomic mass is 16.1. The van der Waals surface area contributed by atoms with Crippen LogP contribution in [0.4, 0.5) is 5.69 Å². The van der Waals surface area contributed by atoms with Gasteiger partial charge in [-0.2, -0.15) is 5.26 Å². The molecule has 3 rings (SSSR count). The summed E-state index contributed by atoms with van der Waals surface area (Å²) in [4.78, 5) is 14.6. The van der Waals surface area contributed by atoms with E-state index in [1.54, 1.807) is 6.20 Å². The van der Waals surface area contributed by atoms with Crippen LogP contribution in [-0.4, -0.2) is 10.8 Å². The molecule has 0 bridgehead atoms. The van der Waals surface area contributed by atoms with Gasteiger partial charge in [0.1, 0.15) is 11.6 Å². The predicted molar refractivity (Wildman–Crippen MR) is 116 cm³/mol. The van der Waals surface area contributed by atoms with Crippen LogP contribution in [0.3, 0.4) is 0 Å². The summed E-state index contributed by atoms with van der Waals surface area (Å²) in [7, 11) is 0. The Bertz CT molecular complexity index is 962. The summed E-state index contributed by atoms with van der Waals surface area (Å²) in [5.41, 5.74) is 4.06. The molecular weight excluding hydrogens is 358 g/mol. The van der Waals surface area contributed by atoms with Crippen molar-refractivity contribution in [2.24, 2.45) is 0 Å². The quantitative estimate of drug-likeness (QED) is 0.461. The highest BCUT2D eigenvalue weighted by Gasteiger charge is 2.13. The predicted octanol–water partition coefficient (Wildman–Crippen LogP) is 5.04. The molecule has 0 spiro atoms. The first-order valence-electron chi connectivity index (χ1n) is 9.46. The maximum absolute atomic E-state index is 12.6. The van der Waals surface area contributed by atoms with Gasteiger partial charge in [-0.3, -0.25) is 4.79 Å². The molecule has 4 nitrogen and oxygen atoms in total. The zero-order valence-corrected chi connectivity index (χ0v) is 16.4. The fourth-order valence-electron chi connectivity index (χ4n) is 2.94. The Morgan fingerprint density at radius 1 is 0.897 bits per heavy atom. The molecule has 0 aromatic heterocycles. The molecule has 0 aliphatic rings. The van der Waals surface area contributed by atoms with Crippen molar-refractivity contribution in [2.45, 2.75) is 20.0 Å². The van der Waals surface area contributed by atoms with Gasteiger partial charge in [-0.15, -0.1) is 0 Å². The van der Waals surface area contributed by atoms with E-state index in [1.165, 1.54) is 0 Å². The topological polar surface area (TPSA) is 56.1 Å². The highest BCUT2D eigenvalue weighted by Crippen LogP contribution is 2.14. The van der Waals surface area contributed by atoms with Crippen molar-refractivity contribution in [2.75, 3.05) is 5.32 Å². The van der Waals surface area contributed by atoms with E-state index in [1.807, 2.05) is 103 Å². The van der Waals surface area contributed by atoms with Crippen LogP contribution in [0, 0.1) is 18.3 Å². The number of aryl methyl sites for hydroxylation is 1. The molecule has 0 radical (unpaired) electrons. The largest absolute Gasteiger partial charge is 0.367 e. The number of carbonyl (C=O) groups is 1. The van der Waals surface area contributed by atoms with Crippen molar-refractivity contribution in [3.05, 3.63) is 113 Å². The van der Waals surface area contributed by atoms with Crippen molar-refractivity contribution in [1.29, 1.82) is 5.26 Å². The summed E-state index contributed by atoms with van der Waals surface area (Å²) in [6, 6.07) is 29.5. The van der Waals surface area contributed by atoms with Crippen molar-refractivity contribution < 1.29 is 4.79 Å². The first-order valence-corrected chi connectivity index (χ1v) is 9.46. The molecule has 0 saturated carbocycles. The molecule has 0 atom stereocenters. The van der Waals surface area contributed by atoms with E-state index in [0.29, 0.717) is 18.8 Å². The highest BCUT2D eigenvalue weighted by molar-refractivity contribution is 6.06. The Morgan fingerprint density at radius 3 is 1.90 bits per heavy atom. The number of nitriles is 1. The normalized spacial score (nSPS) is 10.8. The Kier molecular flexibility index (Phi) is 6.80. The number of anilines is 1. The number of benzene rings is 3. The first kappa shape index (κ1) is 19.9. The van der Waals surface area contributed by atoms with E-state index in [9.17, 15) is 10.1 Å². The van der Waals surface area contributed by atoms with Crippen LogP contribution >= 0.6 is 0 Å². The van der Waals surface area contributed by atoms with Crippen LogP contribution in [0.15, 0.2) is 96.7 Å². The van der Waals surface area contributed by atoms with Crippen LogP contribution in [0.2, 0.25) is 0 Å². The van der Waals surface area contributed by atoms with Gasteiger partial charge in [0, 0.05) is 25.0 Å². The summed E-state index contributed by atoms with van der Waals surface area (Å²) in [6.07, 6.45) is 1.64.